The first-order valence-corrected chi connectivity index (χ1v) is 12.1. The number of aryl methyl sites for hydroxylation is 1. The lowest BCUT2D eigenvalue weighted by Crippen LogP contribution is -2.34. The van der Waals surface area contributed by atoms with E-state index in [2.05, 4.69) is 31.2 Å². The Kier molecular flexibility index (Phi) is 11.0. The predicted molar refractivity (Wildman–Crippen MR) is 123 cm³/mol. The summed E-state index contributed by atoms with van der Waals surface area (Å²) in [7, 11) is 0. The van der Waals surface area contributed by atoms with E-state index in [4.69, 9.17) is 5.11 Å². The molecule has 2 N–H and O–H groups in total. The number of rotatable bonds is 14. The molecule has 1 heterocycles. The predicted octanol–water partition coefficient (Wildman–Crippen LogP) is 4.15. The van der Waals surface area contributed by atoms with Crippen molar-refractivity contribution >= 4 is 23.6 Å². The quantitative estimate of drug-likeness (QED) is 0.340. The molecule has 1 fully saturated rings. The van der Waals surface area contributed by atoms with Crippen LogP contribution in [0.4, 0.5) is 0 Å². The van der Waals surface area contributed by atoms with Gasteiger partial charge in [0.05, 0.1) is 12.1 Å². The average molecular weight is 434 g/mol. The van der Waals surface area contributed by atoms with Gasteiger partial charge in [0.1, 0.15) is 0 Å². The van der Waals surface area contributed by atoms with E-state index in [0.29, 0.717) is 19.4 Å². The minimum atomic E-state index is -0.761. The highest BCUT2D eigenvalue weighted by Crippen LogP contribution is 2.22. The number of carbonyl (C=O) groups is 2. The first kappa shape index (κ1) is 24.5. The zero-order valence-electron chi connectivity index (χ0n) is 17.9. The number of hydrogen-bond acceptors (Lipinski definition) is 4. The Labute approximate surface area is 184 Å². The van der Waals surface area contributed by atoms with Crippen LogP contribution in [0.1, 0.15) is 51.0 Å². The summed E-state index contributed by atoms with van der Waals surface area (Å²) in [5, 5.41) is 19.2. The molecule has 0 aromatic heterocycles. The van der Waals surface area contributed by atoms with E-state index in [9.17, 15) is 14.7 Å². The Morgan fingerprint density at radius 3 is 2.77 bits per heavy atom. The number of benzene rings is 1. The summed E-state index contributed by atoms with van der Waals surface area (Å²) < 4.78 is 0. The Balaban J connectivity index is 1.70. The number of aliphatic hydroxyl groups excluding tert-OH is 1. The van der Waals surface area contributed by atoms with Crippen molar-refractivity contribution in [3.05, 3.63) is 48.0 Å². The summed E-state index contributed by atoms with van der Waals surface area (Å²) >= 11 is 1.69. The van der Waals surface area contributed by atoms with E-state index in [1.807, 2.05) is 23.1 Å². The van der Waals surface area contributed by atoms with E-state index in [-0.39, 0.29) is 24.3 Å². The Morgan fingerprint density at radius 2 is 2.03 bits per heavy atom. The third-order valence-electron chi connectivity index (χ3n) is 5.61. The first-order chi connectivity index (χ1) is 14.5. The van der Waals surface area contributed by atoms with E-state index in [1.165, 1.54) is 5.56 Å². The molecule has 30 heavy (non-hydrogen) atoms. The molecular formula is C24H35NO4S. The Hall–Kier alpha value is -1.79. The summed E-state index contributed by atoms with van der Waals surface area (Å²) in [5.74, 6) is 1.20. The van der Waals surface area contributed by atoms with Crippen molar-refractivity contribution in [1.82, 2.24) is 4.90 Å². The number of carboxylic acid groups (broad SMARTS) is 1. The number of amides is 1. The van der Waals surface area contributed by atoms with Gasteiger partial charge in [-0.25, -0.2) is 0 Å². The lowest BCUT2D eigenvalue weighted by Gasteiger charge is -2.23. The third kappa shape index (κ3) is 8.92. The molecule has 2 rings (SSSR count). The maximum Gasteiger partial charge on any atom is 0.303 e. The van der Waals surface area contributed by atoms with Gasteiger partial charge in [0.2, 0.25) is 5.91 Å². The molecule has 6 heteroatoms. The van der Waals surface area contributed by atoms with Crippen molar-refractivity contribution in [3.63, 3.8) is 0 Å². The van der Waals surface area contributed by atoms with E-state index < -0.39 is 12.1 Å². The molecule has 5 nitrogen and oxygen atoms in total. The fourth-order valence-electron chi connectivity index (χ4n) is 3.71. The zero-order chi connectivity index (χ0) is 21.8. The second-order valence-electron chi connectivity index (χ2n) is 8.03. The van der Waals surface area contributed by atoms with Crippen molar-refractivity contribution < 1.29 is 19.8 Å². The Bertz CT molecular complexity index is 679. The number of carboxylic acids is 1. The van der Waals surface area contributed by atoms with Gasteiger partial charge in [-0.15, -0.1) is 0 Å². The minimum absolute atomic E-state index is 0.0586. The lowest BCUT2D eigenvalue weighted by molar-refractivity contribution is -0.137. The lowest BCUT2D eigenvalue weighted by atomic mass is 9.95. The van der Waals surface area contributed by atoms with Crippen molar-refractivity contribution in [2.45, 2.75) is 64.0 Å². The highest BCUT2D eigenvalue weighted by Gasteiger charge is 2.28. The number of thioether (sulfide) groups is 1. The highest BCUT2D eigenvalue weighted by atomic mass is 32.2. The van der Waals surface area contributed by atoms with Crippen LogP contribution in [0.2, 0.25) is 0 Å². The normalized spacial score (nSPS) is 18.8. The van der Waals surface area contributed by atoms with Gasteiger partial charge in [0, 0.05) is 25.1 Å². The van der Waals surface area contributed by atoms with Gasteiger partial charge in [-0.2, -0.15) is 11.8 Å². The average Bonchev–Trinajstić information content (AvgIpc) is 3.08. The van der Waals surface area contributed by atoms with Gasteiger partial charge < -0.3 is 15.1 Å². The standard InChI is InChI=1S/C24H35NO4S/c1-19(7-5-10-20-8-3-2-4-9-20)22(26)14-12-21-13-15-23(27)25(21)16-18-30-17-6-11-24(28)29/h2-4,8-9,12,14,19,21-22,26H,5-7,10-11,13,15-18H2,1H3,(H,28,29)/t19-,21-,22-/m0/s1. The van der Waals surface area contributed by atoms with Gasteiger partial charge in [0.15, 0.2) is 0 Å². The fraction of sp³-hybridized carbons (Fsp3) is 0.583. The molecule has 1 aromatic carbocycles. The van der Waals surface area contributed by atoms with Crippen molar-refractivity contribution in [3.8, 4) is 0 Å². The number of carbonyl (C=O) groups excluding carboxylic acids is 1. The van der Waals surface area contributed by atoms with Crippen LogP contribution in [0.25, 0.3) is 0 Å². The van der Waals surface area contributed by atoms with Crippen LogP contribution in [0.3, 0.4) is 0 Å². The van der Waals surface area contributed by atoms with E-state index in [0.717, 1.165) is 37.2 Å². The summed E-state index contributed by atoms with van der Waals surface area (Å²) in [6.07, 6.45) is 8.61. The van der Waals surface area contributed by atoms with Gasteiger partial charge in [-0.3, -0.25) is 9.59 Å². The molecular weight excluding hydrogens is 398 g/mol. The number of nitrogens with zero attached hydrogens (tertiary/aromatic N) is 1. The zero-order valence-corrected chi connectivity index (χ0v) is 18.7. The molecule has 166 valence electrons. The molecule has 1 aromatic rings. The number of hydrogen-bond donors (Lipinski definition) is 2. The molecule has 3 atom stereocenters. The summed E-state index contributed by atoms with van der Waals surface area (Å²) in [6, 6.07) is 10.5. The number of aliphatic hydroxyl groups is 1. The van der Waals surface area contributed by atoms with Crippen LogP contribution in [0.5, 0.6) is 0 Å². The smallest absolute Gasteiger partial charge is 0.303 e. The molecule has 0 bridgehead atoms. The largest absolute Gasteiger partial charge is 0.481 e. The summed E-state index contributed by atoms with van der Waals surface area (Å²) in [6.45, 7) is 2.75. The first-order valence-electron chi connectivity index (χ1n) is 11.0. The minimum Gasteiger partial charge on any atom is -0.481 e. The van der Waals surface area contributed by atoms with Crippen molar-refractivity contribution in [2.24, 2.45) is 5.92 Å². The van der Waals surface area contributed by atoms with Gasteiger partial charge in [0.25, 0.3) is 0 Å². The highest BCUT2D eigenvalue weighted by molar-refractivity contribution is 7.99. The van der Waals surface area contributed by atoms with Crippen LogP contribution in [0, 0.1) is 5.92 Å². The molecule has 0 saturated carbocycles. The van der Waals surface area contributed by atoms with Crippen LogP contribution >= 0.6 is 11.8 Å². The molecule has 0 unspecified atom stereocenters. The van der Waals surface area contributed by atoms with E-state index >= 15 is 0 Å². The van der Waals surface area contributed by atoms with E-state index in [1.54, 1.807) is 11.8 Å². The van der Waals surface area contributed by atoms with Crippen molar-refractivity contribution in [1.29, 1.82) is 0 Å². The molecule has 1 aliphatic heterocycles. The monoisotopic (exact) mass is 433 g/mol. The number of likely N-dealkylation sites (tertiary alicyclic amines) is 1. The second-order valence-corrected chi connectivity index (χ2v) is 9.26. The maximum atomic E-state index is 12.2. The molecule has 0 spiro atoms. The Morgan fingerprint density at radius 1 is 1.27 bits per heavy atom. The molecule has 1 saturated heterocycles. The summed E-state index contributed by atoms with van der Waals surface area (Å²) in [4.78, 5) is 24.6. The fourth-order valence-corrected chi connectivity index (χ4v) is 4.59. The van der Waals surface area contributed by atoms with Crippen molar-refractivity contribution in [2.75, 3.05) is 18.1 Å². The molecule has 0 aliphatic carbocycles. The topological polar surface area (TPSA) is 77.8 Å². The number of aliphatic carboxylic acids is 1. The third-order valence-corrected chi connectivity index (χ3v) is 6.66. The van der Waals surface area contributed by atoms with Crippen LogP contribution in [-0.4, -0.2) is 57.2 Å². The second kappa shape index (κ2) is 13.5. The molecule has 1 amide bonds. The van der Waals surface area contributed by atoms with Crippen LogP contribution in [0.15, 0.2) is 42.5 Å². The van der Waals surface area contributed by atoms with Gasteiger partial charge in [-0.1, -0.05) is 49.4 Å². The van der Waals surface area contributed by atoms with Gasteiger partial charge >= 0.3 is 5.97 Å². The molecule has 0 radical (unpaired) electrons. The maximum absolute atomic E-state index is 12.2. The SMILES string of the molecule is C[C@@H](CCCc1ccccc1)[C@@H](O)C=C[C@H]1CCC(=O)N1CCSCCCC(=O)O. The van der Waals surface area contributed by atoms with Crippen LogP contribution < -0.4 is 0 Å². The van der Waals surface area contributed by atoms with Crippen LogP contribution in [-0.2, 0) is 16.0 Å². The summed E-state index contributed by atoms with van der Waals surface area (Å²) in [5.41, 5.74) is 1.33. The van der Waals surface area contributed by atoms with Gasteiger partial charge in [-0.05, 0) is 49.3 Å². The molecule has 1 aliphatic rings.